The molecule has 0 aliphatic heterocycles. The highest BCUT2D eigenvalue weighted by Gasteiger charge is 2.35. The Bertz CT molecular complexity index is 787. The van der Waals surface area contributed by atoms with Crippen molar-refractivity contribution >= 4 is 17.3 Å². The van der Waals surface area contributed by atoms with E-state index in [0.717, 1.165) is 19.2 Å². The van der Waals surface area contributed by atoms with Gasteiger partial charge in [-0.2, -0.15) is 13.2 Å². The molecular weight excluding hydrogens is 333 g/mol. The molecule has 2 rings (SSSR count). The molecule has 0 amide bonds. The highest BCUT2D eigenvalue weighted by molar-refractivity contribution is 5.96. The fourth-order valence-electron chi connectivity index (χ4n) is 2.09. The molecule has 0 bridgehead atoms. The molecule has 0 saturated carbocycles. The zero-order valence-electron chi connectivity index (χ0n) is 12.6. The maximum Gasteiger partial charge on any atom is 0.419 e. The molecule has 0 spiro atoms. The van der Waals surface area contributed by atoms with Gasteiger partial charge in [0.25, 0.3) is 0 Å². The number of halogens is 5. The normalized spacial score (nSPS) is 11.3. The minimum atomic E-state index is -4.94. The third-order valence-corrected chi connectivity index (χ3v) is 3.28. The molecule has 24 heavy (non-hydrogen) atoms. The molecule has 0 unspecified atom stereocenters. The van der Waals surface area contributed by atoms with Gasteiger partial charge in [0, 0.05) is 5.69 Å². The standard InChI is InChI=1S/C16H12F5NO2/c1-8-5-9(17)3-4-13(8)22-14-7-11(16(19,20)21)12(18)6-10(14)15(23)24-2/h3-7,22H,1-2H3. The van der Waals surface area contributed by atoms with E-state index in [-0.39, 0.29) is 11.4 Å². The maximum atomic E-state index is 13.7. The van der Waals surface area contributed by atoms with Crippen molar-refractivity contribution in [2.45, 2.75) is 13.1 Å². The van der Waals surface area contributed by atoms with Crippen LogP contribution in [0.1, 0.15) is 21.5 Å². The summed E-state index contributed by atoms with van der Waals surface area (Å²) < 4.78 is 69.9. The number of methoxy groups -OCH3 is 1. The van der Waals surface area contributed by atoms with Crippen LogP contribution < -0.4 is 5.32 Å². The lowest BCUT2D eigenvalue weighted by molar-refractivity contribution is -0.139. The summed E-state index contributed by atoms with van der Waals surface area (Å²) in [4.78, 5) is 11.7. The SMILES string of the molecule is COC(=O)c1cc(F)c(C(F)(F)F)cc1Nc1ccc(F)cc1C. The van der Waals surface area contributed by atoms with Crippen LogP contribution >= 0.6 is 0 Å². The molecule has 3 nitrogen and oxygen atoms in total. The molecule has 0 aliphatic carbocycles. The second-order valence-corrected chi connectivity index (χ2v) is 4.95. The zero-order chi connectivity index (χ0) is 18.1. The molecule has 128 valence electrons. The van der Waals surface area contributed by atoms with E-state index in [4.69, 9.17) is 0 Å². The highest BCUT2D eigenvalue weighted by Crippen LogP contribution is 2.36. The van der Waals surface area contributed by atoms with Gasteiger partial charge < -0.3 is 10.1 Å². The van der Waals surface area contributed by atoms with Gasteiger partial charge in [-0.05, 0) is 42.8 Å². The number of hydrogen-bond acceptors (Lipinski definition) is 3. The summed E-state index contributed by atoms with van der Waals surface area (Å²) in [5.74, 6) is -3.13. The number of esters is 1. The van der Waals surface area contributed by atoms with Crippen molar-refractivity contribution < 1.29 is 31.5 Å². The first-order chi connectivity index (χ1) is 11.1. The van der Waals surface area contributed by atoms with E-state index in [1.54, 1.807) is 0 Å². The second kappa shape index (κ2) is 6.46. The van der Waals surface area contributed by atoms with E-state index in [2.05, 4.69) is 10.1 Å². The number of benzene rings is 2. The van der Waals surface area contributed by atoms with Gasteiger partial charge in [0.1, 0.15) is 11.6 Å². The van der Waals surface area contributed by atoms with Crippen LogP contribution in [0.5, 0.6) is 0 Å². The number of hydrogen-bond donors (Lipinski definition) is 1. The maximum absolute atomic E-state index is 13.7. The number of rotatable bonds is 3. The molecular formula is C16H12F5NO2. The second-order valence-electron chi connectivity index (χ2n) is 4.95. The van der Waals surface area contributed by atoms with E-state index in [1.807, 2.05) is 0 Å². The van der Waals surface area contributed by atoms with Crippen LogP contribution in [0.2, 0.25) is 0 Å². The Morgan fingerprint density at radius 1 is 1.08 bits per heavy atom. The van der Waals surface area contributed by atoms with Crippen LogP contribution in [-0.2, 0) is 10.9 Å². The Hall–Kier alpha value is -2.64. The number of ether oxygens (including phenoxy) is 1. The molecule has 0 aromatic heterocycles. The van der Waals surface area contributed by atoms with Crippen molar-refractivity contribution in [3.8, 4) is 0 Å². The van der Waals surface area contributed by atoms with E-state index >= 15 is 0 Å². The van der Waals surface area contributed by atoms with Crippen molar-refractivity contribution in [3.05, 3.63) is 58.7 Å². The molecule has 0 saturated heterocycles. The molecule has 0 fully saturated rings. The minimum Gasteiger partial charge on any atom is -0.465 e. The third-order valence-electron chi connectivity index (χ3n) is 3.28. The predicted octanol–water partition coefficient (Wildman–Crippen LogP) is 4.82. The van der Waals surface area contributed by atoms with Crippen LogP contribution in [0.15, 0.2) is 30.3 Å². The smallest absolute Gasteiger partial charge is 0.419 e. The van der Waals surface area contributed by atoms with Crippen LogP contribution in [0.3, 0.4) is 0 Å². The summed E-state index contributed by atoms with van der Waals surface area (Å²) in [6, 6.07) is 4.48. The number of carbonyl (C=O) groups excluding carboxylic acids is 1. The van der Waals surface area contributed by atoms with E-state index < -0.39 is 34.9 Å². The Morgan fingerprint density at radius 2 is 1.75 bits per heavy atom. The summed E-state index contributed by atoms with van der Waals surface area (Å²) in [5, 5.41) is 2.59. The van der Waals surface area contributed by atoms with Gasteiger partial charge in [-0.1, -0.05) is 0 Å². The van der Waals surface area contributed by atoms with Crippen LogP contribution in [0.4, 0.5) is 33.3 Å². The molecule has 0 atom stereocenters. The summed E-state index contributed by atoms with van der Waals surface area (Å²) in [6.07, 6.45) is -4.94. The number of nitrogens with one attached hydrogen (secondary N) is 1. The van der Waals surface area contributed by atoms with Crippen molar-refractivity contribution in [1.29, 1.82) is 0 Å². The molecule has 0 radical (unpaired) electrons. The monoisotopic (exact) mass is 345 g/mol. The van der Waals surface area contributed by atoms with Crippen molar-refractivity contribution in [2.24, 2.45) is 0 Å². The topological polar surface area (TPSA) is 38.3 Å². The summed E-state index contributed by atoms with van der Waals surface area (Å²) in [6.45, 7) is 1.53. The first kappa shape index (κ1) is 17.7. The average Bonchev–Trinajstić information content (AvgIpc) is 2.49. The van der Waals surface area contributed by atoms with Crippen LogP contribution in [-0.4, -0.2) is 13.1 Å². The van der Waals surface area contributed by atoms with Crippen molar-refractivity contribution in [3.63, 3.8) is 0 Å². The number of anilines is 2. The fourth-order valence-corrected chi connectivity index (χ4v) is 2.09. The quantitative estimate of drug-likeness (QED) is 0.640. The fraction of sp³-hybridized carbons (Fsp3) is 0.188. The Labute approximate surface area is 134 Å². The average molecular weight is 345 g/mol. The Morgan fingerprint density at radius 3 is 2.29 bits per heavy atom. The van der Waals surface area contributed by atoms with Crippen LogP contribution in [0.25, 0.3) is 0 Å². The van der Waals surface area contributed by atoms with Gasteiger partial charge in [-0.15, -0.1) is 0 Å². The predicted molar refractivity (Wildman–Crippen MR) is 77.2 cm³/mol. The van der Waals surface area contributed by atoms with Crippen molar-refractivity contribution in [1.82, 2.24) is 0 Å². The van der Waals surface area contributed by atoms with Gasteiger partial charge in [-0.3, -0.25) is 0 Å². The highest BCUT2D eigenvalue weighted by atomic mass is 19.4. The van der Waals surface area contributed by atoms with Gasteiger partial charge in [0.15, 0.2) is 0 Å². The lowest BCUT2D eigenvalue weighted by Gasteiger charge is -2.16. The minimum absolute atomic E-state index is 0.265. The first-order valence-electron chi connectivity index (χ1n) is 6.65. The lowest BCUT2D eigenvalue weighted by atomic mass is 10.1. The molecule has 8 heteroatoms. The van der Waals surface area contributed by atoms with E-state index in [0.29, 0.717) is 17.7 Å². The van der Waals surface area contributed by atoms with E-state index in [9.17, 15) is 26.7 Å². The van der Waals surface area contributed by atoms with Gasteiger partial charge >= 0.3 is 12.1 Å². The summed E-state index contributed by atoms with van der Waals surface area (Å²) >= 11 is 0. The Kier molecular flexibility index (Phi) is 4.77. The van der Waals surface area contributed by atoms with Gasteiger partial charge in [0.2, 0.25) is 0 Å². The van der Waals surface area contributed by atoms with Crippen molar-refractivity contribution in [2.75, 3.05) is 12.4 Å². The summed E-state index contributed by atoms with van der Waals surface area (Å²) in [7, 11) is 1.02. The third kappa shape index (κ3) is 3.64. The lowest BCUT2D eigenvalue weighted by Crippen LogP contribution is -2.13. The molecule has 1 N–H and O–H groups in total. The Balaban J connectivity index is 2.58. The zero-order valence-corrected chi connectivity index (χ0v) is 12.6. The molecule has 0 aliphatic rings. The molecule has 0 heterocycles. The molecule has 2 aromatic carbocycles. The van der Waals surface area contributed by atoms with Gasteiger partial charge in [-0.25, -0.2) is 13.6 Å². The van der Waals surface area contributed by atoms with E-state index in [1.165, 1.54) is 13.0 Å². The van der Waals surface area contributed by atoms with Crippen LogP contribution in [0, 0.1) is 18.6 Å². The number of carbonyl (C=O) groups is 1. The number of alkyl halides is 3. The molecule has 2 aromatic rings. The largest absolute Gasteiger partial charge is 0.465 e. The summed E-state index contributed by atoms with van der Waals surface area (Å²) in [5.41, 5.74) is -1.58. The first-order valence-corrected chi connectivity index (χ1v) is 6.65. The van der Waals surface area contributed by atoms with Gasteiger partial charge in [0.05, 0.1) is 23.9 Å². The number of aryl methyl sites for hydroxylation is 1.